The quantitative estimate of drug-likeness (QED) is 0.598. The first-order chi connectivity index (χ1) is 13.2. The summed E-state index contributed by atoms with van der Waals surface area (Å²) >= 11 is 0. The first-order valence-electron chi connectivity index (χ1n) is 9.25. The number of nitrogens with zero attached hydrogens (tertiary/aromatic N) is 1. The van der Waals surface area contributed by atoms with Crippen molar-refractivity contribution in [3.05, 3.63) is 23.8 Å². The fourth-order valence-corrected chi connectivity index (χ4v) is 4.93. The minimum Gasteiger partial charge on any atom is -0.493 e. The number of carbonyl (C=O) groups excluding carboxylic acids is 2. The number of ether oxygens (including phenoxy) is 3. The van der Waals surface area contributed by atoms with Crippen molar-refractivity contribution in [1.29, 1.82) is 0 Å². The van der Waals surface area contributed by atoms with Crippen LogP contribution in [0.5, 0.6) is 11.5 Å². The van der Waals surface area contributed by atoms with E-state index in [9.17, 15) is 18.0 Å². The Morgan fingerprint density at radius 2 is 1.96 bits per heavy atom. The number of amides is 1. The van der Waals surface area contributed by atoms with Crippen molar-refractivity contribution in [2.75, 3.05) is 31.8 Å². The molecule has 2 rings (SSSR count). The summed E-state index contributed by atoms with van der Waals surface area (Å²) in [6, 6.07) is 4.25. The highest BCUT2D eigenvalue weighted by Crippen LogP contribution is 2.28. The molecule has 0 N–H and O–H groups in total. The number of sulfone groups is 1. The molecular weight excluding hydrogens is 386 g/mol. The fraction of sp³-hybridized carbons (Fsp3) is 0.579. The van der Waals surface area contributed by atoms with Crippen LogP contribution in [0.2, 0.25) is 0 Å². The average Bonchev–Trinajstić information content (AvgIpc) is 3.02. The molecule has 28 heavy (non-hydrogen) atoms. The lowest BCUT2D eigenvalue weighted by Gasteiger charge is -2.29. The monoisotopic (exact) mass is 413 g/mol. The Morgan fingerprint density at radius 3 is 2.50 bits per heavy atom. The van der Waals surface area contributed by atoms with Gasteiger partial charge in [-0.1, -0.05) is 0 Å². The molecule has 0 aliphatic carbocycles. The molecule has 1 aliphatic rings. The molecular formula is C19H27NO7S. The maximum absolute atomic E-state index is 12.7. The number of carbonyl (C=O) groups is 2. The smallest absolute Gasteiger partial charge is 0.339 e. The van der Waals surface area contributed by atoms with E-state index in [1.54, 1.807) is 13.0 Å². The van der Waals surface area contributed by atoms with Crippen molar-refractivity contribution in [1.82, 2.24) is 4.90 Å². The largest absolute Gasteiger partial charge is 0.493 e. The molecule has 0 bridgehead atoms. The van der Waals surface area contributed by atoms with E-state index in [0.29, 0.717) is 31.1 Å². The number of hydrogen-bond donors (Lipinski definition) is 0. The summed E-state index contributed by atoms with van der Waals surface area (Å²) in [4.78, 5) is 26.6. The van der Waals surface area contributed by atoms with Gasteiger partial charge in [-0.3, -0.25) is 4.79 Å². The Balaban J connectivity index is 2.07. The first-order valence-corrected chi connectivity index (χ1v) is 11.1. The van der Waals surface area contributed by atoms with E-state index in [1.165, 1.54) is 31.1 Å². The Hall–Kier alpha value is -2.29. The first kappa shape index (κ1) is 22.0. The van der Waals surface area contributed by atoms with E-state index < -0.39 is 27.8 Å². The van der Waals surface area contributed by atoms with Gasteiger partial charge in [0, 0.05) is 12.6 Å². The Morgan fingerprint density at radius 1 is 1.25 bits per heavy atom. The van der Waals surface area contributed by atoms with Gasteiger partial charge >= 0.3 is 5.97 Å². The average molecular weight is 413 g/mol. The van der Waals surface area contributed by atoms with Crippen molar-refractivity contribution in [2.45, 2.75) is 39.3 Å². The van der Waals surface area contributed by atoms with Crippen LogP contribution in [-0.2, 0) is 19.4 Å². The van der Waals surface area contributed by atoms with Crippen molar-refractivity contribution in [3.8, 4) is 11.5 Å². The van der Waals surface area contributed by atoms with E-state index in [-0.39, 0.29) is 23.1 Å². The number of rotatable bonds is 8. The Bertz CT molecular complexity index is 822. The fourth-order valence-electron chi connectivity index (χ4n) is 3.20. The van der Waals surface area contributed by atoms with Crippen LogP contribution >= 0.6 is 0 Å². The minimum absolute atomic E-state index is 0.0522. The molecule has 0 saturated carbocycles. The third kappa shape index (κ3) is 5.15. The maximum atomic E-state index is 12.7. The molecule has 8 nitrogen and oxygen atoms in total. The van der Waals surface area contributed by atoms with E-state index in [1.807, 2.05) is 6.92 Å². The second-order valence-corrected chi connectivity index (χ2v) is 8.76. The molecule has 9 heteroatoms. The number of methoxy groups -OCH3 is 1. The lowest BCUT2D eigenvalue weighted by molar-refractivity contribution is -0.141. The van der Waals surface area contributed by atoms with Gasteiger partial charge in [0.2, 0.25) is 0 Å². The predicted molar refractivity (Wildman–Crippen MR) is 103 cm³/mol. The number of benzene rings is 1. The molecule has 0 unspecified atom stereocenters. The van der Waals surface area contributed by atoms with Crippen LogP contribution < -0.4 is 9.47 Å². The van der Waals surface area contributed by atoms with E-state index >= 15 is 0 Å². The molecule has 1 aromatic rings. The van der Waals surface area contributed by atoms with Gasteiger partial charge in [0.15, 0.2) is 27.4 Å². The predicted octanol–water partition coefficient (Wildman–Crippen LogP) is 1.67. The molecule has 1 heterocycles. The summed E-state index contributed by atoms with van der Waals surface area (Å²) in [6.45, 7) is 5.89. The summed E-state index contributed by atoms with van der Waals surface area (Å²) in [5.41, 5.74) is 0.228. The summed E-state index contributed by atoms with van der Waals surface area (Å²) in [5, 5.41) is 0. The number of esters is 1. The van der Waals surface area contributed by atoms with Gasteiger partial charge in [-0.25, -0.2) is 13.2 Å². The normalized spacial score (nSPS) is 18.9. The van der Waals surface area contributed by atoms with Gasteiger partial charge in [0.25, 0.3) is 5.91 Å². The SMILES string of the molecule is CCOc1ccc(C(=O)O[C@H](C)C(=O)N(CC)[C@H]2CCS(=O)(=O)C2)cc1OC. The standard InChI is InChI=1S/C19H27NO7S/c1-5-20(15-9-10-28(23,24)12-15)18(21)13(3)27-19(22)14-7-8-16(26-6-2)17(11-14)25-4/h7-8,11,13,15H,5-6,9-10,12H2,1-4H3/t13-,15+/m1/s1. The highest BCUT2D eigenvalue weighted by Gasteiger charge is 2.36. The van der Waals surface area contributed by atoms with Crippen LogP contribution in [0.4, 0.5) is 0 Å². The minimum atomic E-state index is -3.12. The second kappa shape index (κ2) is 9.27. The molecule has 1 saturated heterocycles. The van der Waals surface area contributed by atoms with Gasteiger partial charge in [0.1, 0.15) is 0 Å². The molecule has 0 spiro atoms. The summed E-state index contributed by atoms with van der Waals surface area (Å²) in [5.74, 6) is -0.162. The zero-order valence-electron chi connectivity index (χ0n) is 16.6. The van der Waals surface area contributed by atoms with Gasteiger partial charge in [-0.05, 0) is 45.4 Å². The summed E-state index contributed by atoms with van der Waals surface area (Å²) in [7, 11) is -1.65. The molecule has 156 valence electrons. The molecule has 1 aliphatic heterocycles. The maximum Gasteiger partial charge on any atom is 0.339 e. The van der Waals surface area contributed by atoms with Crippen LogP contribution in [0, 0.1) is 0 Å². The summed E-state index contributed by atoms with van der Waals surface area (Å²) < 4.78 is 39.4. The van der Waals surface area contributed by atoms with E-state index in [2.05, 4.69) is 0 Å². The van der Waals surface area contributed by atoms with E-state index in [4.69, 9.17) is 14.2 Å². The molecule has 1 fully saturated rings. The highest BCUT2D eigenvalue weighted by atomic mass is 32.2. The van der Waals surface area contributed by atoms with Crippen molar-refractivity contribution in [3.63, 3.8) is 0 Å². The second-order valence-electron chi connectivity index (χ2n) is 6.53. The van der Waals surface area contributed by atoms with Crippen LogP contribution in [-0.4, -0.2) is 69.1 Å². The third-order valence-corrected chi connectivity index (χ3v) is 6.35. The topological polar surface area (TPSA) is 99.2 Å². The lowest BCUT2D eigenvalue weighted by atomic mass is 10.2. The van der Waals surface area contributed by atoms with Gasteiger partial charge in [0.05, 0.1) is 30.8 Å². The number of likely N-dealkylation sites (N-methyl/N-ethyl adjacent to an activating group) is 1. The molecule has 0 radical (unpaired) electrons. The van der Waals surface area contributed by atoms with Gasteiger partial charge in [-0.15, -0.1) is 0 Å². The van der Waals surface area contributed by atoms with Crippen LogP contribution in [0.25, 0.3) is 0 Å². The zero-order chi connectivity index (χ0) is 20.9. The number of hydrogen-bond acceptors (Lipinski definition) is 7. The highest BCUT2D eigenvalue weighted by molar-refractivity contribution is 7.91. The van der Waals surface area contributed by atoms with Crippen LogP contribution in [0.15, 0.2) is 18.2 Å². The van der Waals surface area contributed by atoms with Gasteiger partial charge in [-0.2, -0.15) is 0 Å². The van der Waals surface area contributed by atoms with Gasteiger partial charge < -0.3 is 19.1 Å². The van der Waals surface area contributed by atoms with Crippen molar-refractivity contribution < 1.29 is 32.2 Å². The third-order valence-electron chi connectivity index (χ3n) is 4.60. The molecule has 2 atom stereocenters. The van der Waals surface area contributed by atoms with Crippen molar-refractivity contribution in [2.24, 2.45) is 0 Å². The van der Waals surface area contributed by atoms with Crippen LogP contribution in [0.3, 0.4) is 0 Å². The lowest BCUT2D eigenvalue weighted by Crippen LogP contribution is -2.46. The van der Waals surface area contributed by atoms with E-state index in [0.717, 1.165) is 0 Å². The Kier molecular flexibility index (Phi) is 7.29. The van der Waals surface area contributed by atoms with Crippen LogP contribution in [0.1, 0.15) is 37.6 Å². The Labute approximate surface area is 165 Å². The summed E-state index contributed by atoms with van der Waals surface area (Å²) in [6.07, 6.45) is -0.633. The molecule has 1 amide bonds. The molecule has 0 aromatic heterocycles. The molecule has 1 aromatic carbocycles. The van der Waals surface area contributed by atoms with Crippen molar-refractivity contribution >= 4 is 21.7 Å². The zero-order valence-corrected chi connectivity index (χ0v) is 17.5.